The van der Waals surface area contributed by atoms with Crippen LogP contribution in [0, 0.1) is 13.8 Å². The van der Waals surface area contributed by atoms with Crippen LogP contribution in [0.3, 0.4) is 0 Å². The van der Waals surface area contributed by atoms with Gasteiger partial charge in [-0.25, -0.2) is 8.42 Å². The van der Waals surface area contributed by atoms with E-state index >= 15 is 0 Å². The summed E-state index contributed by atoms with van der Waals surface area (Å²) in [7, 11) is -3.69. The molecule has 0 aromatic heterocycles. The normalized spacial score (nSPS) is 11.3. The summed E-state index contributed by atoms with van der Waals surface area (Å²) in [5.41, 5.74) is 7.97. The van der Waals surface area contributed by atoms with Crippen molar-refractivity contribution in [3.63, 3.8) is 0 Å². The zero-order valence-electron chi connectivity index (χ0n) is 11.1. The van der Waals surface area contributed by atoms with E-state index in [-0.39, 0.29) is 10.6 Å². The molecule has 0 unspecified atom stereocenters. The van der Waals surface area contributed by atoms with Crippen LogP contribution in [-0.4, -0.2) is 8.42 Å². The van der Waals surface area contributed by atoms with E-state index < -0.39 is 10.0 Å². The molecule has 0 atom stereocenters. The van der Waals surface area contributed by atoms with E-state index in [2.05, 4.69) is 4.72 Å². The molecular formula is C14H15ClN2O2S. The number of anilines is 2. The number of nitrogens with one attached hydrogen (secondary N) is 1. The van der Waals surface area contributed by atoms with Crippen LogP contribution >= 0.6 is 11.6 Å². The SMILES string of the molecule is Cc1ccccc1NS(=O)(=O)c1cc(C)c(Cl)c(N)c1. The second-order valence-electron chi connectivity index (χ2n) is 4.56. The first-order chi connectivity index (χ1) is 9.31. The average Bonchev–Trinajstić information content (AvgIpc) is 2.38. The van der Waals surface area contributed by atoms with E-state index in [4.69, 9.17) is 17.3 Å². The van der Waals surface area contributed by atoms with Gasteiger partial charge in [-0.3, -0.25) is 4.72 Å². The van der Waals surface area contributed by atoms with Crippen molar-refractivity contribution in [2.45, 2.75) is 18.7 Å². The summed E-state index contributed by atoms with van der Waals surface area (Å²) < 4.78 is 27.3. The van der Waals surface area contributed by atoms with Crippen molar-refractivity contribution in [3.8, 4) is 0 Å². The van der Waals surface area contributed by atoms with Gasteiger partial charge in [0.2, 0.25) is 0 Å². The third kappa shape index (κ3) is 2.89. The van der Waals surface area contributed by atoms with Crippen molar-refractivity contribution in [3.05, 3.63) is 52.5 Å². The maximum absolute atomic E-state index is 12.4. The third-order valence-electron chi connectivity index (χ3n) is 2.96. The fourth-order valence-electron chi connectivity index (χ4n) is 1.81. The predicted octanol–water partition coefficient (Wildman–Crippen LogP) is 3.34. The Hall–Kier alpha value is -1.72. The van der Waals surface area contributed by atoms with Gasteiger partial charge in [-0.05, 0) is 43.2 Å². The molecule has 20 heavy (non-hydrogen) atoms. The van der Waals surface area contributed by atoms with Crippen LogP contribution in [0.1, 0.15) is 11.1 Å². The molecule has 0 aliphatic heterocycles. The van der Waals surface area contributed by atoms with Crippen molar-refractivity contribution in [1.82, 2.24) is 0 Å². The standard InChI is InChI=1S/C14H15ClN2O2S/c1-9-5-3-4-6-13(9)17-20(18,19)11-7-10(2)14(15)12(16)8-11/h3-8,17H,16H2,1-2H3. The number of hydrogen-bond acceptors (Lipinski definition) is 3. The minimum Gasteiger partial charge on any atom is -0.397 e. The number of benzene rings is 2. The summed E-state index contributed by atoms with van der Waals surface area (Å²) in [5, 5.41) is 0.375. The minimum absolute atomic E-state index is 0.0974. The van der Waals surface area contributed by atoms with Gasteiger partial charge in [0.25, 0.3) is 10.0 Å². The van der Waals surface area contributed by atoms with Crippen molar-refractivity contribution >= 4 is 33.0 Å². The Balaban J connectivity index is 2.44. The number of nitrogen functional groups attached to an aromatic ring is 1. The smallest absolute Gasteiger partial charge is 0.261 e. The van der Waals surface area contributed by atoms with E-state index in [0.29, 0.717) is 16.3 Å². The van der Waals surface area contributed by atoms with Gasteiger partial charge >= 0.3 is 0 Å². The van der Waals surface area contributed by atoms with Crippen LogP contribution in [0.25, 0.3) is 0 Å². The van der Waals surface area contributed by atoms with Crippen LogP contribution in [0.15, 0.2) is 41.3 Å². The lowest BCUT2D eigenvalue weighted by Gasteiger charge is -2.12. The van der Waals surface area contributed by atoms with Gasteiger partial charge in [-0.2, -0.15) is 0 Å². The molecule has 4 nitrogen and oxygen atoms in total. The molecule has 0 radical (unpaired) electrons. The Morgan fingerprint density at radius 3 is 2.35 bits per heavy atom. The van der Waals surface area contributed by atoms with Crippen molar-refractivity contribution in [1.29, 1.82) is 0 Å². The third-order valence-corrected chi connectivity index (χ3v) is 4.82. The quantitative estimate of drug-likeness (QED) is 0.854. The first kappa shape index (κ1) is 14.7. The molecule has 0 heterocycles. The largest absolute Gasteiger partial charge is 0.397 e. The highest BCUT2D eigenvalue weighted by Crippen LogP contribution is 2.28. The molecule has 6 heteroatoms. The first-order valence-corrected chi connectivity index (χ1v) is 7.81. The fourth-order valence-corrected chi connectivity index (χ4v) is 3.17. The lowest BCUT2D eigenvalue weighted by Crippen LogP contribution is -2.14. The molecule has 2 rings (SSSR count). The second kappa shape index (κ2) is 5.34. The monoisotopic (exact) mass is 310 g/mol. The van der Waals surface area contributed by atoms with E-state index in [9.17, 15) is 8.42 Å². The lowest BCUT2D eigenvalue weighted by atomic mass is 10.2. The molecule has 0 saturated heterocycles. The number of hydrogen-bond donors (Lipinski definition) is 2. The van der Waals surface area contributed by atoms with Crippen LogP contribution in [0.5, 0.6) is 0 Å². The summed E-state index contributed by atoms with van der Waals surface area (Å²) in [5.74, 6) is 0. The van der Waals surface area contributed by atoms with Crippen LogP contribution in [-0.2, 0) is 10.0 Å². The van der Waals surface area contributed by atoms with Gasteiger partial charge in [-0.1, -0.05) is 29.8 Å². The predicted molar refractivity (Wildman–Crippen MR) is 82.6 cm³/mol. The summed E-state index contributed by atoms with van der Waals surface area (Å²) in [4.78, 5) is 0.0974. The Morgan fingerprint density at radius 2 is 1.75 bits per heavy atom. The number of rotatable bonds is 3. The molecular weight excluding hydrogens is 296 g/mol. The zero-order valence-corrected chi connectivity index (χ0v) is 12.7. The Kier molecular flexibility index (Phi) is 3.92. The highest BCUT2D eigenvalue weighted by molar-refractivity contribution is 7.92. The summed E-state index contributed by atoms with van der Waals surface area (Å²) >= 11 is 5.94. The summed E-state index contributed by atoms with van der Waals surface area (Å²) in [6.45, 7) is 3.55. The molecule has 0 saturated carbocycles. The summed E-state index contributed by atoms with van der Waals surface area (Å²) in [6, 6.07) is 10.0. The van der Waals surface area contributed by atoms with E-state index in [1.165, 1.54) is 12.1 Å². The molecule has 0 fully saturated rings. The highest BCUT2D eigenvalue weighted by atomic mass is 35.5. The fraction of sp³-hybridized carbons (Fsp3) is 0.143. The average molecular weight is 311 g/mol. The number of nitrogens with two attached hydrogens (primary N) is 1. The molecule has 0 bridgehead atoms. The Labute approximate surface area is 123 Å². The molecule has 2 aromatic carbocycles. The minimum atomic E-state index is -3.69. The van der Waals surface area contributed by atoms with Crippen LogP contribution in [0.2, 0.25) is 5.02 Å². The number of para-hydroxylation sites is 1. The van der Waals surface area contributed by atoms with Gasteiger partial charge < -0.3 is 5.73 Å². The van der Waals surface area contributed by atoms with Crippen molar-refractivity contribution in [2.24, 2.45) is 0 Å². The first-order valence-electron chi connectivity index (χ1n) is 5.95. The maximum Gasteiger partial charge on any atom is 0.261 e. The second-order valence-corrected chi connectivity index (χ2v) is 6.62. The van der Waals surface area contributed by atoms with Crippen LogP contribution < -0.4 is 10.5 Å². The number of halogens is 1. The van der Waals surface area contributed by atoms with Crippen molar-refractivity contribution < 1.29 is 8.42 Å². The van der Waals surface area contributed by atoms with Gasteiger partial charge in [0.15, 0.2) is 0 Å². The molecule has 0 aliphatic rings. The molecule has 2 aromatic rings. The topological polar surface area (TPSA) is 72.2 Å². The number of aryl methyl sites for hydroxylation is 2. The van der Waals surface area contributed by atoms with Gasteiger partial charge in [0.1, 0.15) is 0 Å². The lowest BCUT2D eigenvalue weighted by molar-refractivity contribution is 0.601. The van der Waals surface area contributed by atoms with Crippen LogP contribution in [0.4, 0.5) is 11.4 Å². The maximum atomic E-state index is 12.4. The number of sulfonamides is 1. The van der Waals surface area contributed by atoms with E-state index in [0.717, 1.165) is 5.56 Å². The molecule has 106 valence electrons. The Morgan fingerprint density at radius 1 is 1.10 bits per heavy atom. The highest BCUT2D eigenvalue weighted by Gasteiger charge is 2.17. The van der Waals surface area contributed by atoms with Gasteiger partial charge in [0.05, 0.1) is 21.3 Å². The Bertz CT molecular complexity index is 735. The molecule has 0 spiro atoms. The molecule has 0 aliphatic carbocycles. The van der Waals surface area contributed by atoms with Gasteiger partial charge in [0, 0.05) is 0 Å². The zero-order chi connectivity index (χ0) is 14.9. The van der Waals surface area contributed by atoms with Gasteiger partial charge in [-0.15, -0.1) is 0 Å². The summed E-state index contributed by atoms with van der Waals surface area (Å²) in [6.07, 6.45) is 0. The van der Waals surface area contributed by atoms with E-state index in [1.807, 2.05) is 19.1 Å². The molecule has 3 N–H and O–H groups in total. The van der Waals surface area contributed by atoms with Crippen molar-refractivity contribution in [2.75, 3.05) is 10.5 Å². The molecule has 0 amide bonds. The van der Waals surface area contributed by atoms with E-state index in [1.54, 1.807) is 19.1 Å².